The van der Waals surface area contributed by atoms with Crippen LogP contribution in [0.2, 0.25) is 0 Å². The van der Waals surface area contributed by atoms with Gasteiger partial charge in [0.05, 0.1) is 22.5 Å². The molecule has 2 aromatic heterocycles. The fourth-order valence-electron chi connectivity index (χ4n) is 4.21. The Kier molecular flexibility index (Phi) is 8.96. The summed E-state index contributed by atoms with van der Waals surface area (Å²) in [6.07, 6.45) is 6.11. The molecule has 1 amide bonds. The van der Waals surface area contributed by atoms with Crippen molar-refractivity contribution in [3.05, 3.63) is 81.8 Å². The largest absolute Gasteiger partial charge is 0.494 e. The molecule has 0 unspecified atom stereocenters. The lowest BCUT2D eigenvalue weighted by Gasteiger charge is -2.11. The fraction of sp³-hybridized carbons (Fsp3) is 0.379. The summed E-state index contributed by atoms with van der Waals surface area (Å²) in [5.74, 6) is 2.14. The van der Waals surface area contributed by atoms with E-state index in [4.69, 9.17) is 9.72 Å². The number of aromatic nitrogens is 2. The lowest BCUT2D eigenvalue weighted by molar-refractivity contribution is 0.0957. The molecule has 4 aromatic rings. The second kappa shape index (κ2) is 12.5. The molecule has 6 heteroatoms. The van der Waals surface area contributed by atoms with Gasteiger partial charge in [0, 0.05) is 19.5 Å². The average molecular weight is 490 g/mol. The van der Waals surface area contributed by atoms with Crippen LogP contribution in [0.5, 0.6) is 5.75 Å². The number of fused-ring (bicyclic) bond motifs is 1. The standard InChI is InChI=1S/C29H35N3O2S/c1-22-15-16-24(21-23(22)2)34-19-9-8-18-32-26-12-6-5-11-25(26)31-28(32)14-4-3-7-17-30-29(33)27-13-10-20-35-27/h5-6,10-13,15-16,20-21H,3-4,7-9,14,17-19H2,1-2H3,(H,30,33). The SMILES string of the molecule is Cc1ccc(OCCCCn2c(CCCCCNC(=O)c3cccs3)nc3ccccc32)cc1C. The molecule has 0 aliphatic rings. The highest BCUT2D eigenvalue weighted by atomic mass is 32.1. The van der Waals surface area contributed by atoms with E-state index in [0.717, 1.165) is 73.6 Å². The molecule has 5 nitrogen and oxygen atoms in total. The Morgan fingerprint density at radius 3 is 2.69 bits per heavy atom. The maximum absolute atomic E-state index is 12.0. The zero-order chi connectivity index (χ0) is 24.5. The normalized spacial score (nSPS) is 11.1. The number of ether oxygens (including phenoxy) is 1. The Hall–Kier alpha value is -3.12. The van der Waals surface area contributed by atoms with Crippen molar-refractivity contribution in [1.82, 2.24) is 14.9 Å². The number of thiophene rings is 1. The summed E-state index contributed by atoms with van der Waals surface area (Å²) < 4.78 is 8.35. The van der Waals surface area contributed by atoms with Crippen molar-refractivity contribution in [3.8, 4) is 5.75 Å². The highest BCUT2D eigenvalue weighted by molar-refractivity contribution is 7.12. The first-order valence-corrected chi connectivity index (χ1v) is 13.5. The molecule has 1 N–H and O–H groups in total. The Morgan fingerprint density at radius 1 is 0.971 bits per heavy atom. The van der Waals surface area contributed by atoms with Gasteiger partial charge in [-0.3, -0.25) is 4.79 Å². The molecule has 0 bridgehead atoms. The van der Waals surface area contributed by atoms with E-state index in [9.17, 15) is 4.79 Å². The molecular formula is C29H35N3O2S. The lowest BCUT2D eigenvalue weighted by Crippen LogP contribution is -2.23. The molecular weight excluding hydrogens is 454 g/mol. The number of unbranched alkanes of at least 4 members (excludes halogenated alkanes) is 3. The van der Waals surface area contributed by atoms with Crippen molar-refractivity contribution in [1.29, 1.82) is 0 Å². The van der Waals surface area contributed by atoms with Crippen molar-refractivity contribution >= 4 is 28.3 Å². The van der Waals surface area contributed by atoms with Crippen LogP contribution in [0.25, 0.3) is 11.0 Å². The summed E-state index contributed by atoms with van der Waals surface area (Å²) in [6.45, 7) is 6.63. The van der Waals surface area contributed by atoms with Gasteiger partial charge in [0.15, 0.2) is 0 Å². The van der Waals surface area contributed by atoms with Crippen LogP contribution in [-0.2, 0) is 13.0 Å². The van der Waals surface area contributed by atoms with Gasteiger partial charge >= 0.3 is 0 Å². The molecule has 0 saturated carbocycles. The van der Waals surface area contributed by atoms with Gasteiger partial charge in [0.2, 0.25) is 0 Å². The van der Waals surface area contributed by atoms with Crippen molar-refractivity contribution in [2.75, 3.05) is 13.2 Å². The highest BCUT2D eigenvalue weighted by Crippen LogP contribution is 2.20. The third-order valence-electron chi connectivity index (χ3n) is 6.36. The van der Waals surface area contributed by atoms with E-state index in [0.29, 0.717) is 6.54 Å². The van der Waals surface area contributed by atoms with Crippen LogP contribution in [0, 0.1) is 13.8 Å². The molecule has 0 radical (unpaired) electrons. The second-order valence-corrected chi connectivity index (χ2v) is 9.96. The fourth-order valence-corrected chi connectivity index (χ4v) is 4.85. The molecule has 0 spiro atoms. The summed E-state index contributed by atoms with van der Waals surface area (Å²) in [4.78, 5) is 17.7. The number of nitrogens with one attached hydrogen (secondary N) is 1. The highest BCUT2D eigenvalue weighted by Gasteiger charge is 2.10. The Morgan fingerprint density at radius 2 is 1.86 bits per heavy atom. The van der Waals surface area contributed by atoms with E-state index < -0.39 is 0 Å². The quantitative estimate of drug-likeness (QED) is 0.212. The molecule has 2 aromatic carbocycles. The number of amides is 1. The second-order valence-electron chi connectivity index (χ2n) is 9.01. The smallest absolute Gasteiger partial charge is 0.261 e. The minimum absolute atomic E-state index is 0.0308. The van der Waals surface area contributed by atoms with Crippen LogP contribution < -0.4 is 10.1 Å². The molecule has 2 heterocycles. The van der Waals surface area contributed by atoms with Gasteiger partial charge in [-0.15, -0.1) is 11.3 Å². The number of nitrogens with zero attached hydrogens (tertiary/aromatic N) is 2. The summed E-state index contributed by atoms with van der Waals surface area (Å²) in [7, 11) is 0. The Balaban J connectivity index is 1.22. The van der Waals surface area contributed by atoms with Crippen molar-refractivity contribution < 1.29 is 9.53 Å². The molecule has 0 aliphatic heterocycles. The van der Waals surface area contributed by atoms with Crippen LogP contribution in [-0.4, -0.2) is 28.6 Å². The maximum Gasteiger partial charge on any atom is 0.261 e. The van der Waals surface area contributed by atoms with E-state index in [-0.39, 0.29) is 5.91 Å². The Labute approximate surface area is 212 Å². The van der Waals surface area contributed by atoms with Crippen molar-refractivity contribution in [2.45, 2.75) is 58.9 Å². The third-order valence-corrected chi connectivity index (χ3v) is 7.23. The van der Waals surface area contributed by atoms with Gasteiger partial charge < -0.3 is 14.6 Å². The first-order chi connectivity index (χ1) is 17.1. The van der Waals surface area contributed by atoms with Crippen molar-refractivity contribution in [3.63, 3.8) is 0 Å². The minimum atomic E-state index is 0.0308. The van der Waals surface area contributed by atoms with Gasteiger partial charge in [0.1, 0.15) is 11.6 Å². The molecule has 184 valence electrons. The van der Waals surface area contributed by atoms with E-state index in [1.807, 2.05) is 17.5 Å². The molecule has 0 saturated heterocycles. The minimum Gasteiger partial charge on any atom is -0.494 e. The van der Waals surface area contributed by atoms with Gasteiger partial charge in [-0.05, 0) is 86.4 Å². The third kappa shape index (κ3) is 6.95. The van der Waals surface area contributed by atoms with Crippen LogP contribution in [0.4, 0.5) is 0 Å². The van der Waals surface area contributed by atoms with Gasteiger partial charge in [-0.25, -0.2) is 4.98 Å². The first-order valence-electron chi connectivity index (χ1n) is 12.6. The monoisotopic (exact) mass is 489 g/mol. The zero-order valence-corrected chi connectivity index (χ0v) is 21.6. The number of imidazole rings is 1. The number of aryl methyl sites for hydroxylation is 4. The predicted molar refractivity (Wildman–Crippen MR) is 145 cm³/mol. The van der Waals surface area contributed by atoms with Crippen LogP contribution >= 0.6 is 11.3 Å². The number of rotatable bonds is 13. The van der Waals surface area contributed by atoms with E-state index in [1.165, 1.54) is 28.0 Å². The number of carbonyl (C=O) groups is 1. The number of hydrogen-bond acceptors (Lipinski definition) is 4. The van der Waals surface area contributed by atoms with Gasteiger partial charge in [-0.1, -0.05) is 30.7 Å². The number of benzene rings is 2. The van der Waals surface area contributed by atoms with Crippen LogP contribution in [0.3, 0.4) is 0 Å². The number of hydrogen-bond donors (Lipinski definition) is 1. The zero-order valence-electron chi connectivity index (χ0n) is 20.8. The van der Waals surface area contributed by atoms with Crippen molar-refractivity contribution in [2.24, 2.45) is 0 Å². The maximum atomic E-state index is 12.0. The average Bonchev–Trinajstić information content (AvgIpc) is 3.52. The molecule has 0 atom stereocenters. The number of carbonyl (C=O) groups excluding carboxylic acids is 1. The van der Waals surface area contributed by atoms with Gasteiger partial charge in [0.25, 0.3) is 5.91 Å². The summed E-state index contributed by atoms with van der Waals surface area (Å²) in [5.41, 5.74) is 4.83. The Bertz CT molecular complexity index is 1230. The summed E-state index contributed by atoms with van der Waals surface area (Å²) >= 11 is 1.48. The summed E-state index contributed by atoms with van der Waals surface area (Å²) in [5, 5.41) is 4.94. The first kappa shape index (κ1) is 25.0. The number of para-hydroxylation sites is 2. The predicted octanol–water partition coefficient (Wildman–Crippen LogP) is 6.72. The van der Waals surface area contributed by atoms with Crippen LogP contribution in [0.1, 0.15) is 58.7 Å². The molecule has 0 aliphatic carbocycles. The molecule has 4 rings (SSSR count). The van der Waals surface area contributed by atoms with E-state index >= 15 is 0 Å². The van der Waals surface area contributed by atoms with E-state index in [1.54, 1.807) is 0 Å². The topological polar surface area (TPSA) is 56.1 Å². The molecule has 35 heavy (non-hydrogen) atoms. The lowest BCUT2D eigenvalue weighted by atomic mass is 10.1. The van der Waals surface area contributed by atoms with Gasteiger partial charge in [-0.2, -0.15) is 0 Å². The summed E-state index contributed by atoms with van der Waals surface area (Å²) in [6, 6.07) is 18.5. The van der Waals surface area contributed by atoms with Crippen LogP contribution in [0.15, 0.2) is 60.0 Å². The molecule has 0 fully saturated rings. The van der Waals surface area contributed by atoms with E-state index in [2.05, 4.69) is 66.2 Å².